The lowest BCUT2D eigenvalue weighted by atomic mass is 9.85. The van der Waals surface area contributed by atoms with E-state index in [0.717, 1.165) is 16.3 Å². The van der Waals surface area contributed by atoms with E-state index in [1.807, 2.05) is 12.1 Å². The topological polar surface area (TPSA) is 52.6 Å². The first-order valence-electron chi connectivity index (χ1n) is 7.10. The van der Waals surface area contributed by atoms with Crippen LogP contribution in [-0.4, -0.2) is 7.11 Å². The second-order valence-electron chi connectivity index (χ2n) is 6.04. The SMILES string of the molecule is C=CC(C)(C)Cc1c2occc2c(OC)c2ccc(=O)oc12. The van der Waals surface area contributed by atoms with Crippen molar-refractivity contribution in [3.8, 4) is 5.75 Å². The number of allylic oxidation sites excluding steroid dienone is 1. The summed E-state index contributed by atoms with van der Waals surface area (Å²) in [6, 6.07) is 5.00. The summed E-state index contributed by atoms with van der Waals surface area (Å²) < 4.78 is 16.6. The maximum absolute atomic E-state index is 11.7. The van der Waals surface area contributed by atoms with Crippen molar-refractivity contribution in [2.24, 2.45) is 5.41 Å². The molecule has 0 amide bonds. The van der Waals surface area contributed by atoms with Gasteiger partial charge in [0.15, 0.2) is 0 Å². The normalized spacial score (nSPS) is 12.0. The molecule has 0 aliphatic rings. The number of rotatable bonds is 4. The number of benzene rings is 1. The zero-order valence-electron chi connectivity index (χ0n) is 12.9. The van der Waals surface area contributed by atoms with Crippen LogP contribution in [0.15, 0.2) is 50.7 Å². The molecular weight excluding hydrogens is 280 g/mol. The Balaban J connectivity index is 2.45. The highest BCUT2D eigenvalue weighted by atomic mass is 16.5. The van der Waals surface area contributed by atoms with Crippen molar-refractivity contribution in [3.05, 3.63) is 53.1 Å². The van der Waals surface area contributed by atoms with Crippen LogP contribution in [0.3, 0.4) is 0 Å². The molecule has 0 atom stereocenters. The van der Waals surface area contributed by atoms with Crippen LogP contribution in [0.4, 0.5) is 0 Å². The quantitative estimate of drug-likeness (QED) is 0.532. The smallest absolute Gasteiger partial charge is 0.336 e. The molecule has 0 bridgehead atoms. The summed E-state index contributed by atoms with van der Waals surface area (Å²) in [5.74, 6) is 0.655. The highest BCUT2D eigenvalue weighted by Crippen LogP contribution is 2.40. The van der Waals surface area contributed by atoms with E-state index in [0.29, 0.717) is 23.3 Å². The molecule has 4 nitrogen and oxygen atoms in total. The van der Waals surface area contributed by atoms with E-state index in [1.165, 1.54) is 6.07 Å². The highest BCUT2D eigenvalue weighted by Gasteiger charge is 2.24. The Hall–Kier alpha value is -2.49. The molecule has 0 saturated carbocycles. The van der Waals surface area contributed by atoms with Crippen LogP contribution in [-0.2, 0) is 6.42 Å². The Morgan fingerprint density at radius 1 is 1.23 bits per heavy atom. The molecule has 0 unspecified atom stereocenters. The molecule has 2 heterocycles. The Labute approximate surface area is 128 Å². The van der Waals surface area contributed by atoms with E-state index in [1.54, 1.807) is 19.4 Å². The van der Waals surface area contributed by atoms with Gasteiger partial charge in [0.25, 0.3) is 0 Å². The maximum atomic E-state index is 11.7. The van der Waals surface area contributed by atoms with Gasteiger partial charge in [-0.3, -0.25) is 0 Å². The molecule has 4 heteroatoms. The second kappa shape index (κ2) is 5.05. The Kier molecular flexibility index (Phi) is 3.32. The largest absolute Gasteiger partial charge is 0.495 e. The van der Waals surface area contributed by atoms with Gasteiger partial charge in [-0.2, -0.15) is 0 Å². The fourth-order valence-corrected chi connectivity index (χ4v) is 2.70. The molecule has 2 aromatic heterocycles. The number of ether oxygens (including phenoxy) is 1. The lowest BCUT2D eigenvalue weighted by Gasteiger charge is -2.21. The van der Waals surface area contributed by atoms with Crippen LogP contribution in [0.1, 0.15) is 19.4 Å². The maximum Gasteiger partial charge on any atom is 0.336 e. The van der Waals surface area contributed by atoms with E-state index >= 15 is 0 Å². The van der Waals surface area contributed by atoms with Crippen LogP contribution in [0.2, 0.25) is 0 Å². The third kappa shape index (κ3) is 2.21. The zero-order valence-corrected chi connectivity index (χ0v) is 12.9. The first-order valence-corrected chi connectivity index (χ1v) is 7.10. The zero-order chi connectivity index (χ0) is 15.9. The van der Waals surface area contributed by atoms with E-state index in [9.17, 15) is 4.79 Å². The van der Waals surface area contributed by atoms with Crippen LogP contribution in [0.5, 0.6) is 5.75 Å². The summed E-state index contributed by atoms with van der Waals surface area (Å²) in [6.07, 6.45) is 4.15. The van der Waals surface area contributed by atoms with Gasteiger partial charge in [0.1, 0.15) is 16.9 Å². The predicted molar refractivity (Wildman–Crippen MR) is 86.5 cm³/mol. The molecule has 1 aromatic carbocycles. The van der Waals surface area contributed by atoms with E-state index < -0.39 is 5.63 Å². The summed E-state index contributed by atoms with van der Waals surface area (Å²) in [5.41, 5.74) is 1.52. The molecule has 22 heavy (non-hydrogen) atoms. The summed E-state index contributed by atoms with van der Waals surface area (Å²) in [6.45, 7) is 8.03. The second-order valence-corrected chi connectivity index (χ2v) is 6.04. The lowest BCUT2D eigenvalue weighted by Crippen LogP contribution is -2.12. The molecule has 3 rings (SSSR count). The average Bonchev–Trinajstić information content (AvgIpc) is 2.97. The summed E-state index contributed by atoms with van der Waals surface area (Å²) in [4.78, 5) is 11.7. The van der Waals surface area contributed by atoms with Crippen LogP contribution < -0.4 is 10.4 Å². The van der Waals surface area contributed by atoms with Crippen LogP contribution in [0, 0.1) is 5.41 Å². The highest BCUT2D eigenvalue weighted by molar-refractivity contribution is 6.04. The monoisotopic (exact) mass is 298 g/mol. The fraction of sp³-hybridized carbons (Fsp3) is 0.278. The molecule has 114 valence electrons. The van der Waals surface area contributed by atoms with Crippen molar-refractivity contribution in [2.75, 3.05) is 7.11 Å². The van der Waals surface area contributed by atoms with Crippen molar-refractivity contribution >= 4 is 21.9 Å². The third-order valence-electron chi connectivity index (χ3n) is 3.93. The molecular formula is C18H18O4. The van der Waals surface area contributed by atoms with E-state index in [4.69, 9.17) is 13.6 Å². The molecule has 0 aliphatic carbocycles. The van der Waals surface area contributed by atoms with Crippen molar-refractivity contribution in [1.29, 1.82) is 0 Å². The number of furan rings is 1. The molecule has 0 fully saturated rings. The minimum Gasteiger partial charge on any atom is -0.495 e. The lowest BCUT2D eigenvalue weighted by molar-refractivity contribution is 0.422. The van der Waals surface area contributed by atoms with Crippen LogP contribution in [0.25, 0.3) is 21.9 Å². The molecule has 3 aromatic rings. The van der Waals surface area contributed by atoms with Crippen LogP contribution >= 0.6 is 0 Å². The third-order valence-corrected chi connectivity index (χ3v) is 3.93. The molecule has 0 saturated heterocycles. The standard InChI is InChI=1S/C18H18O4/c1-5-18(2,3)10-13-16-12(8-9-21-16)15(20-4)11-6-7-14(19)22-17(11)13/h5-9H,1,10H2,2-4H3. The molecule has 0 aliphatic heterocycles. The van der Waals surface area contributed by atoms with Gasteiger partial charge in [0.2, 0.25) is 0 Å². The van der Waals surface area contributed by atoms with Crippen molar-refractivity contribution in [1.82, 2.24) is 0 Å². The fourth-order valence-electron chi connectivity index (χ4n) is 2.70. The predicted octanol–water partition coefficient (Wildman–Crippen LogP) is 4.30. The van der Waals surface area contributed by atoms with Crippen molar-refractivity contribution < 1.29 is 13.6 Å². The number of methoxy groups -OCH3 is 1. The van der Waals surface area contributed by atoms with Gasteiger partial charge in [-0.1, -0.05) is 19.9 Å². The van der Waals surface area contributed by atoms with E-state index in [-0.39, 0.29) is 5.41 Å². The minimum absolute atomic E-state index is 0.157. The summed E-state index contributed by atoms with van der Waals surface area (Å²) in [5, 5.41) is 1.64. The molecule has 0 spiro atoms. The minimum atomic E-state index is -0.391. The van der Waals surface area contributed by atoms with Gasteiger partial charge in [-0.25, -0.2) is 4.79 Å². The Morgan fingerprint density at radius 3 is 2.64 bits per heavy atom. The van der Waals surface area contributed by atoms with E-state index in [2.05, 4.69) is 20.4 Å². The van der Waals surface area contributed by atoms with Gasteiger partial charge in [-0.15, -0.1) is 6.58 Å². The van der Waals surface area contributed by atoms with Gasteiger partial charge in [0, 0.05) is 11.6 Å². The summed E-state index contributed by atoms with van der Waals surface area (Å²) >= 11 is 0. The number of hydrogen-bond donors (Lipinski definition) is 0. The van der Waals surface area contributed by atoms with Gasteiger partial charge in [0.05, 0.1) is 24.1 Å². The molecule has 0 radical (unpaired) electrons. The summed E-state index contributed by atoms with van der Waals surface area (Å²) in [7, 11) is 1.60. The van der Waals surface area contributed by atoms with Crippen molar-refractivity contribution in [3.63, 3.8) is 0 Å². The Bertz CT molecular complexity index is 912. The van der Waals surface area contributed by atoms with Gasteiger partial charge >= 0.3 is 5.63 Å². The first-order chi connectivity index (χ1) is 10.5. The number of fused-ring (bicyclic) bond motifs is 2. The molecule has 0 N–H and O–H groups in total. The van der Waals surface area contributed by atoms with Crippen molar-refractivity contribution in [2.45, 2.75) is 20.3 Å². The van der Waals surface area contributed by atoms with Gasteiger partial charge < -0.3 is 13.6 Å². The number of hydrogen-bond acceptors (Lipinski definition) is 4. The Morgan fingerprint density at radius 2 is 1.95 bits per heavy atom. The average molecular weight is 298 g/mol. The first kappa shape index (κ1) is 14.4. The van der Waals surface area contributed by atoms with Gasteiger partial charge in [-0.05, 0) is 24.0 Å².